The van der Waals surface area contributed by atoms with Gasteiger partial charge in [0.05, 0.1) is 0 Å². The Kier molecular flexibility index (Phi) is 4.57. The minimum atomic E-state index is 0.754. The molecule has 1 saturated heterocycles. The number of aryl methyl sites for hydroxylation is 1. The van der Waals surface area contributed by atoms with Gasteiger partial charge < -0.3 is 5.32 Å². The zero-order chi connectivity index (χ0) is 12.1. The first-order valence-corrected chi connectivity index (χ1v) is 6.80. The number of hydrogen-bond acceptors (Lipinski definition) is 2. The lowest BCUT2D eigenvalue weighted by molar-refractivity contribution is 0.260. The number of nitrogens with one attached hydrogen (secondary N) is 1. The largest absolute Gasteiger partial charge is 0.311 e. The van der Waals surface area contributed by atoms with E-state index in [-0.39, 0.29) is 0 Å². The maximum absolute atomic E-state index is 3.61. The van der Waals surface area contributed by atoms with E-state index in [4.69, 9.17) is 0 Å². The summed E-state index contributed by atoms with van der Waals surface area (Å²) in [5, 5.41) is 3.61. The van der Waals surface area contributed by atoms with E-state index in [2.05, 4.69) is 48.3 Å². The van der Waals surface area contributed by atoms with Crippen LogP contribution in [0.25, 0.3) is 0 Å². The molecule has 1 atom stereocenters. The summed E-state index contributed by atoms with van der Waals surface area (Å²) in [6, 6.07) is 9.38. The number of rotatable bonds is 5. The predicted octanol–water partition coefficient (Wildman–Crippen LogP) is 2.57. The number of nitrogens with zero attached hydrogens (tertiary/aromatic N) is 1. The van der Waals surface area contributed by atoms with Gasteiger partial charge in [-0.15, -0.1) is 0 Å². The van der Waals surface area contributed by atoms with Gasteiger partial charge in [0.25, 0.3) is 0 Å². The summed E-state index contributed by atoms with van der Waals surface area (Å²) in [7, 11) is 0. The summed E-state index contributed by atoms with van der Waals surface area (Å²) < 4.78 is 0. The molecule has 0 aromatic heterocycles. The average molecular weight is 232 g/mol. The van der Waals surface area contributed by atoms with E-state index in [9.17, 15) is 0 Å². The lowest BCUT2D eigenvalue weighted by Crippen LogP contribution is -2.37. The molecule has 0 aliphatic carbocycles. The highest BCUT2D eigenvalue weighted by Gasteiger charge is 2.21. The van der Waals surface area contributed by atoms with Crippen molar-refractivity contribution in [3.8, 4) is 0 Å². The zero-order valence-corrected chi connectivity index (χ0v) is 11.1. The smallest absolute Gasteiger partial charge is 0.0221 e. The van der Waals surface area contributed by atoms with Crippen LogP contribution in [-0.4, -0.2) is 30.6 Å². The van der Waals surface area contributed by atoms with Gasteiger partial charge in [0, 0.05) is 19.1 Å². The second kappa shape index (κ2) is 6.18. The molecule has 94 valence electrons. The molecule has 1 aromatic rings. The van der Waals surface area contributed by atoms with Gasteiger partial charge in [-0.1, -0.05) is 31.2 Å². The van der Waals surface area contributed by atoms with E-state index in [1.807, 2.05) is 0 Å². The van der Waals surface area contributed by atoms with Crippen molar-refractivity contribution in [1.29, 1.82) is 0 Å². The molecule has 2 rings (SSSR count). The molecule has 0 amide bonds. The first-order valence-electron chi connectivity index (χ1n) is 6.80. The molecule has 1 aliphatic heterocycles. The van der Waals surface area contributed by atoms with E-state index in [1.165, 1.54) is 37.1 Å². The Balaban J connectivity index is 1.78. The Morgan fingerprint density at radius 1 is 1.35 bits per heavy atom. The summed E-state index contributed by atoms with van der Waals surface area (Å²) in [5.41, 5.74) is 2.81. The van der Waals surface area contributed by atoms with Crippen molar-refractivity contribution in [2.75, 3.05) is 19.6 Å². The molecule has 1 fully saturated rings. The van der Waals surface area contributed by atoms with Crippen LogP contribution in [0.2, 0.25) is 0 Å². The van der Waals surface area contributed by atoms with Crippen molar-refractivity contribution in [2.24, 2.45) is 0 Å². The highest BCUT2D eigenvalue weighted by molar-refractivity contribution is 5.25. The second-order valence-corrected chi connectivity index (χ2v) is 4.98. The van der Waals surface area contributed by atoms with Crippen LogP contribution in [0, 0.1) is 6.92 Å². The van der Waals surface area contributed by atoms with Crippen molar-refractivity contribution >= 4 is 0 Å². The molecule has 2 nitrogen and oxygen atoms in total. The molecule has 1 heterocycles. The van der Waals surface area contributed by atoms with Gasteiger partial charge in [-0.2, -0.15) is 0 Å². The molecule has 0 spiro atoms. The van der Waals surface area contributed by atoms with Gasteiger partial charge in [0.15, 0.2) is 0 Å². The fourth-order valence-electron chi connectivity index (χ4n) is 2.72. The normalized spacial score (nSPS) is 20.9. The number of benzene rings is 1. The summed E-state index contributed by atoms with van der Waals surface area (Å²) in [6.45, 7) is 9.05. The monoisotopic (exact) mass is 232 g/mol. The van der Waals surface area contributed by atoms with Gasteiger partial charge >= 0.3 is 0 Å². The molecule has 17 heavy (non-hydrogen) atoms. The molecule has 2 heteroatoms. The summed E-state index contributed by atoms with van der Waals surface area (Å²) in [5.74, 6) is 0. The molecule has 0 radical (unpaired) electrons. The number of likely N-dealkylation sites (N-methyl/N-ethyl adjacent to an activating group) is 1. The van der Waals surface area contributed by atoms with Crippen LogP contribution in [0.1, 0.15) is 30.9 Å². The summed E-state index contributed by atoms with van der Waals surface area (Å²) in [6.07, 6.45) is 2.72. The zero-order valence-electron chi connectivity index (χ0n) is 11.1. The Morgan fingerprint density at radius 3 is 2.94 bits per heavy atom. The first kappa shape index (κ1) is 12.6. The SMILES string of the molecule is CCN1CCC[C@H]1CNCc1ccccc1C. The van der Waals surface area contributed by atoms with Crippen molar-refractivity contribution in [2.45, 2.75) is 39.3 Å². The molecular formula is C15H24N2. The van der Waals surface area contributed by atoms with Crippen molar-refractivity contribution in [3.05, 3.63) is 35.4 Å². The highest BCUT2D eigenvalue weighted by atomic mass is 15.2. The fraction of sp³-hybridized carbons (Fsp3) is 0.600. The van der Waals surface area contributed by atoms with Gasteiger partial charge in [-0.25, -0.2) is 0 Å². The molecule has 1 aromatic carbocycles. The molecule has 0 unspecified atom stereocenters. The predicted molar refractivity (Wildman–Crippen MR) is 73.2 cm³/mol. The van der Waals surface area contributed by atoms with Crippen LogP contribution in [0.15, 0.2) is 24.3 Å². The quantitative estimate of drug-likeness (QED) is 0.839. The Labute approximate surface area is 105 Å². The first-order chi connectivity index (χ1) is 8.31. The Morgan fingerprint density at radius 2 is 2.18 bits per heavy atom. The number of hydrogen-bond donors (Lipinski definition) is 1. The van der Waals surface area contributed by atoms with Crippen LogP contribution in [0.3, 0.4) is 0 Å². The molecule has 1 aliphatic rings. The average Bonchev–Trinajstić information content (AvgIpc) is 2.79. The third-order valence-corrected chi connectivity index (χ3v) is 3.86. The molecular weight excluding hydrogens is 208 g/mol. The minimum absolute atomic E-state index is 0.754. The topological polar surface area (TPSA) is 15.3 Å². The Hall–Kier alpha value is -0.860. The molecule has 0 saturated carbocycles. The molecule has 1 N–H and O–H groups in total. The van der Waals surface area contributed by atoms with Crippen LogP contribution in [0.5, 0.6) is 0 Å². The van der Waals surface area contributed by atoms with Crippen molar-refractivity contribution in [1.82, 2.24) is 10.2 Å². The van der Waals surface area contributed by atoms with Crippen molar-refractivity contribution < 1.29 is 0 Å². The van der Waals surface area contributed by atoms with Gasteiger partial charge in [0.1, 0.15) is 0 Å². The Bertz CT molecular complexity index is 349. The lowest BCUT2D eigenvalue weighted by atomic mass is 10.1. The van der Waals surface area contributed by atoms with Crippen LogP contribution < -0.4 is 5.32 Å². The van der Waals surface area contributed by atoms with Crippen molar-refractivity contribution in [3.63, 3.8) is 0 Å². The van der Waals surface area contributed by atoms with E-state index < -0.39 is 0 Å². The maximum Gasteiger partial charge on any atom is 0.0221 e. The van der Waals surface area contributed by atoms with Crippen LogP contribution in [-0.2, 0) is 6.54 Å². The summed E-state index contributed by atoms with van der Waals surface area (Å²) >= 11 is 0. The van der Waals surface area contributed by atoms with Gasteiger partial charge in [0.2, 0.25) is 0 Å². The lowest BCUT2D eigenvalue weighted by Gasteiger charge is -2.23. The third kappa shape index (κ3) is 3.30. The van der Waals surface area contributed by atoms with Crippen LogP contribution >= 0.6 is 0 Å². The second-order valence-electron chi connectivity index (χ2n) is 4.98. The third-order valence-electron chi connectivity index (χ3n) is 3.86. The number of likely N-dealkylation sites (tertiary alicyclic amines) is 1. The minimum Gasteiger partial charge on any atom is -0.311 e. The maximum atomic E-state index is 3.61. The molecule has 0 bridgehead atoms. The van der Waals surface area contributed by atoms with Gasteiger partial charge in [-0.3, -0.25) is 4.90 Å². The van der Waals surface area contributed by atoms with Gasteiger partial charge in [-0.05, 0) is 44.0 Å². The van der Waals surface area contributed by atoms with Crippen LogP contribution in [0.4, 0.5) is 0 Å². The van der Waals surface area contributed by atoms with E-state index in [0.717, 1.165) is 19.1 Å². The van der Waals surface area contributed by atoms with E-state index in [0.29, 0.717) is 0 Å². The highest BCUT2D eigenvalue weighted by Crippen LogP contribution is 2.15. The fourth-order valence-corrected chi connectivity index (χ4v) is 2.72. The van der Waals surface area contributed by atoms with E-state index in [1.54, 1.807) is 0 Å². The summed E-state index contributed by atoms with van der Waals surface area (Å²) in [4.78, 5) is 2.59. The van der Waals surface area contributed by atoms with E-state index >= 15 is 0 Å². The standard InChI is InChI=1S/C15H24N2/c1-3-17-10-6-9-15(17)12-16-11-14-8-5-4-7-13(14)2/h4-5,7-8,15-16H,3,6,9-12H2,1-2H3/t15-/m0/s1.